The van der Waals surface area contributed by atoms with Crippen LogP contribution < -0.4 is 5.32 Å². The number of hydrogen-bond acceptors (Lipinski definition) is 5. The van der Waals surface area contributed by atoms with Gasteiger partial charge in [0.15, 0.2) is 0 Å². The van der Waals surface area contributed by atoms with Gasteiger partial charge in [-0.3, -0.25) is 4.79 Å². The Labute approximate surface area is 177 Å². The van der Waals surface area contributed by atoms with Gasteiger partial charge in [0.05, 0.1) is 10.9 Å². The molecule has 0 spiro atoms. The first-order valence-corrected chi connectivity index (χ1v) is 12.2. The molecule has 0 aliphatic carbocycles. The zero-order valence-corrected chi connectivity index (χ0v) is 18.8. The molecule has 2 heterocycles. The van der Waals surface area contributed by atoms with Gasteiger partial charge < -0.3 is 10.2 Å². The molecule has 1 aromatic heterocycles. The van der Waals surface area contributed by atoms with Crippen molar-refractivity contribution in [1.82, 2.24) is 14.5 Å². The highest BCUT2D eigenvalue weighted by molar-refractivity contribution is 7.89. The van der Waals surface area contributed by atoms with Gasteiger partial charge in [0.2, 0.25) is 15.9 Å². The lowest BCUT2D eigenvalue weighted by atomic mass is 9.97. The van der Waals surface area contributed by atoms with Crippen molar-refractivity contribution in [3.63, 3.8) is 0 Å². The monoisotopic (exact) mass is 435 g/mol. The van der Waals surface area contributed by atoms with E-state index in [1.165, 1.54) is 9.18 Å². The third-order valence-electron chi connectivity index (χ3n) is 5.45. The molecule has 1 N–H and O–H groups in total. The molecular weight excluding hydrogens is 406 g/mol. The predicted molar refractivity (Wildman–Crippen MR) is 116 cm³/mol. The van der Waals surface area contributed by atoms with E-state index in [1.807, 2.05) is 44.6 Å². The van der Waals surface area contributed by atoms with Gasteiger partial charge in [0, 0.05) is 30.4 Å². The SMILES string of the molecule is Cc1ccc(S(=O)(=O)N2CCC(C(=O)NC[C@@H](c3cccs3)N(C)C)CC2)cc1. The Kier molecular flexibility index (Phi) is 7.10. The predicted octanol–water partition coefficient (Wildman–Crippen LogP) is 2.88. The highest BCUT2D eigenvalue weighted by Crippen LogP contribution is 2.25. The van der Waals surface area contributed by atoms with E-state index in [0.717, 1.165) is 5.56 Å². The first-order valence-electron chi connectivity index (χ1n) is 9.83. The van der Waals surface area contributed by atoms with E-state index in [4.69, 9.17) is 0 Å². The molecule has 1 fully saturated rings. The number of aryl methyl sites for hydroxylation is 1. The maximum Gasteiger partial charge on any atom is 0.243 e. The summed E-state index contributed by atoms with van der Waals surface area (Å²) < 4.78 is 27.1. The number of hydrogen-bond donors (Lipinski definition) is 1. The molecule has 29 heavy (non-hydrogen) atoms. The van der Waals surface area contributed by atoms with Gasteiger partial charge in [0.25, 0.3) is 0 Å². The van der Waals surface area contributed by atoms with Crippen molar-refractivity contribution in [2.45, 2.75) is 30.7 Å². The Morgan fingerprint density at radius 3 is 2.41 bits per heavy atom. The molecular formula is C21H29N3O3S2. The first-order chi connectivity index (χ1) is 13.8. The molecule has 3 rings (SSSR count). The highest BCUT2D eigenvalue weighted by Gasteiger charge is 2.32. The zero-order valence-electron chi connectivity index (χ0n) is 17.2. The molecule has 0 bridgehead atoms. The molecule has 1 amide bonds. The fraction of sp³-hybridized carbons (Fsp3) is 0.476. The fourth-order valence-corrected chi connectivity index (χ4v) is 5.97. The van der Waals surface area contributed by atoms with Crippen LogP contribution in [0.4, 0.5) is 0 Å². The van der Waals surface area contributed by atoms with Gasteiger partial charge in [0.1, 0.15) is 0 Å². The largest absolute Gasteiger partial charge is 0.354 e. The van der Waals surface area contributed by atoms with Gasteiger partial charge in [-0.25, -0.2) is 8.42 Å². The lowest BCUT2D eigenvalue weighted by Gasteiger charge is -2.31. The molecule has 0 unspecified atom stereocenters. The summed E-state index contributed by atoms with van der Waals surface area (Å²) in [5.74, 6) is -0.133. The van der Waals surface area contributed by atoms with E-state index in [1.54, 1.807) is 23.5 Å². The summed E-state index contributed by atoms with van der Waals surface area (Å²) in [6.07, 6.45) is 1.09. The second-order valence-electron chi connectivity index (χ2n) is 7.73. The number of carbonyl (C=O) groups excluding carboxylic acids is 1. The number of thiophene rings is 1. The van der Waals surface area contributed by atoms with Crippen molar-refractivity contribution in [1.29, 1.82) is 0 Å². The van der Waals surface area contributed by atoms with Crippen molar-refractivity contribution >= 4 is 27.3 Å². The Balaban J connectivity index is 1.54. The number of piperidine rings is 1. The van der Waals surface area contributed by atoms with Crippen molar-refractivity contribution in [2.75, 3.05) is 33.7 Å². The molecule has 1 atom stereocenters. The fourth-order valence-electron chi connectivity index (χ4n) is 3.58. The molecule has 0 radical (unpaired) electrons. The third kappa shape index (κ3) is 5.25. The second-order valence-corrected chi connectivity index (χ2v) is 10.6. The van der Waals surface area contributed by atoms with Crippen molar-refractivity contribution in [3.05, 3.63) is 52.2 Å². The smallest absolute Gasteiger partial charge is 0.243 e. The van der Waals surface area contributed by atoms with Crippen LogP contribution in [0.1, 0.15) is 29.3 Å². The summed E-state index contributed by atoms with van der Waals surface area (Å²) in [7, 11) is 0.512. The third-order valence-corrected chi connectivity index (χ3v) is 8.33. The lowest BCUT2D eigenvalue weighted by Crippen LogP contribution is -2.44. The van der Waals surface area contributed by atoms with Crippen LogP contribution in [-0.4, -0.2) is 57.3 Å². The van der Waals surface area contributed by atoms with Crippen molar-refractivity contribution in [2.24, 2.45) is 5.92 Å². The highest BCUT2D eigenvalue weighted by atomic mass is 32.2. The van der Waals surface area contributed by atoms with Crippen LogP contribution in [0.2, 0.25) is 0 Å². The maximum atomic E-state index is 12.8. The summed E-state index contributed by atoms with van der Waals surface area (Å²) in [4.78, 5) is 16.3. The lowest BCUT2D eigenvalue weighted by molar-refractivity contribution is -0.126. The van der Waals surface area contributed by atoms with E-state index >= 15 is 0 Å². The number of likely N-dealkylation sites (N-methyl/N-ethyl adjacent to an activating group) is 1. The van der Waals surface area contributed by atoms with E-state index in [2.05, 4.69) is 16.3 Å². The van der Waals surface area contributed by atoms with Crippen LogP contribution >= 0.6 is 11.3 Å². The van der Waals surface area contributed by atoms with E-state index in [9.17, 15) is 13.2 Å². The van der Waals surface area contributed by atoms with Gasteiger partial charge in [-0.2, -0.15) is 4.31 Å². The molecule has 1 aliphatic heterocycles. The molecule has 2 aromatic rings. The number of carbonyl (C=O) groups is 1. The number of nitrogens with one attached hydrogen (secondary N) is 1. The van der Waals surface area contributed by atoms with Gasteiger partial charge in [-0.15, -0.1) is 11.3 Å². The quantitative estimate of drug-likeness (QED) is 0.726. The Morgan fingerprint density at radius 1 is 1.21 bits per heavy atom. The van der Waals surface area contributed by atoms with Crippen LogP contribution in [0.5, 0.6) is 0 Å². The van der Waals surface area contributed by atoms with Crippen LogP contribution in [-0.2, 0) is 14.8 Å². The standard InChI is InChI=1S/C21H29N3O3S2/c1-16-6-8-18(9-7-16)29(26,27)24-12-10-17(11-13-24)21(25)22-15-19(23(2)3)20-5-4-14-28-20/h4-9,14,17,19H,10-13,15H2,1-3H3,(H,22,25)/t19-/m0/s1. The maximum absolute atomic E-state index is 12.8. The van der Waals surface area contributed by atoms with E-state index in [-0.39, 0.29) is 17.9 Å². The summed E-state index contributed by atoms with van der Waals surface area (Å²) >= 11 is 1.68. The summed E-state index contributed by atoms with van der Waals surface area (Å²) in [6.45, 7) is 3.22. The molecule has 1 saturated heterocycles. The summed E-state index contributed by atoms with van der Waals surface area (Å²) in [5, 5.41) is 5.11. The first kappa shape index (κ1) is 22.0. The Hall–Kier alpha value is -1.74. The average molecular weight is 436 g/mol. The topological polar surface area (TPSA) is 69.7 Å². The van der Waals surface area contributed by atoms with Crippen LogP contribution in [0.15, 0.2) is 46.7 Å². The van der Waals surface area contributed by atoms with Crippen LogP contribution in [0.25, 0.3) is 0 Å². The number of nitrogens with zero attached hydrogens (tertiary/aromatic N) is 2. The Morgan fingerprint density at radius 2 is 1.86 bits per heavy atom. The molecule has 1 aliphatic rings. The normalized spacial score (nSPS) is 17.4. The van der Waals surface area contributed by atoms with Crippen LogP contribution in [0, 0.1) is 12.8 Å². The molecule has 6 nitrogen and oxygen atoms in total. The number of benzene rings is 1. The minimum atomic E-state index is -3.50. The summed E-state index contributed by atoms with van der Waals surface area (Å²) in [5.41, 5.74) is 1.03. The molecule has 0 saturated carbocycles. The summed E-state index contributed by atoms with van der Waals surface area (Å²) in [6, 6.07) is 11.1. The number of rotatable bonds is 7. The zero-order chi connectivity index (χ0) is 21.0. The van der Waals surface area contributed by atoms with Crippen molar-refractivity contribution < 1.29 is 13.2 Å². The second kappa shape index (κ2) is 9.38. The molecule has 158 valence electrons. The van der Waals surface area contributed by atoms with Crippen molar-refractivity contribution in [3.8, 4) is 0 Å². The van der Waals surface area contributed by atoms with Gasteiger partial charge in [-0.1, -0.05) is 23.8 Å². The van der Waals surface area contributed by atoms with Crippen LogP contribution in [0.3, 0.4) is 0 Å². The van der Waals surface area contributed by atoms with E-state index in [0.29, 0.717) is 37.4 Å². The van der Waals surface area contributed by atoms with E-state index < -0.39 is 10.0 Å². The number of amides is 1. The molecule has 1 aromatic carbocycles. The minimum Gasteiger partial charge on any atom is -0.354 e. The molecule has 8 heteroatoms. The number of sulfonamides is 1. The van der Waals surface area contributed by atoms with Gasteiger partial charge >= 0.3 is 0 Å². The average Bonchev–Trinajstić information content (AvgIpc) is 3.22. The van der Waals surface area contributed by atoms with Gasteiger partial charge in [-0.05, 0) is 57.4 Å². The Bertz CT molecular complexity index is 901. The minimum absolute atomic E-state index is 0.0146.